The Kier molecular flexibility index (Phi) is 6.91. The highest BCUT2D eigenvalue weighted by molar-refractivity contribution is 5.94. The Balaban J connectivity index is 1.68. The Bertz CT molecular complexity index is 788. The molecular weight excluding hydrogens is 332 g/mol. The van der Waals surface area contributed by atoms with Crippen LogP contribution in [0.2, 0.25) is 0 Å². The van der Waals surface area contributed by atoms with Crippen molar-refractivity contribution in [2.45, 2.75) is 26.7 Å². The molecule has 2 aromatic rings. The lowest BCUT2D eigenvalue weighted by atomic mass is 10.1. The van der Waals surface area contributed by atoms with Gasteiger partial charge in [0.05, 0.1) is 6.42 Å². The van der Waals surface area contributed by atoms with Crippen molar-refractivity contribution in [1.82, 2.24) is 0 Å². The normalized spacial score (nSPS) is 10.1. The van der Waals surface area contributed by atoms with Crippen molar-refractivity contribution >= 4 is 29.2 Å². The number of amides is 2. The fourth-order valence-corrected chi connectivity index (χ4v) is 2.20. The van der Waals surface area contributed by atoms with E-state index >= 15 is 0 Å². The molecule has 2 aromatic carbocycles. The maximum Gasteiger partial charge on any atom is 0.306 e. The van der Waals surface area contributed by atoms with Gasteiger partial charge < -0.3 is 15.4 Å². The summed E-state index contributed by atoms with van der Waals surface area (Å²) < 4.78 is 4.88. The Morgan fingerprint density at radius 3 is 2.19 bits per heavy atom. The summed E-state index contributed by atoms with van der Waals surface area (Å²) in [6.45, 7) is 3.57. The third kappa shape index (κ3) is 6.39. The van der Waals surface area contributed by atoms with Gasteiger partial charge in [0.25, 0.3) is 5.91 Å². The molecule has 0 heterocycles. The van der Waals surface area contributed by atoms with Gasteiger partial charge in [0.2, 0.25) is 5.91 Å². The maximum absolute atomic E-state index is 11.9. The van der Waals surface area contributed by atoms with E-state index in [1.54, 1.807) is 24.3 Å². The number of hydrogen-bond donors (Lipinski definition) is 2. The van der Waals surface area contributed by atoms with Crippen molar-refractivity contribution in [3.8, 4) is 0 Å². The molecule has 0 unspecified atom stereocenters. The molecule has 6 heteroatoms. The number of carbonyl (C=O) groups excluding carboxylic acids is 3. The van der Waals surface area contributed by atoms with Crippen LogP contribution in [0.5, 0.6) is 0 Å². The quantitative estimate of drug-likeness (QED) is 0.748. The van der Waals surface area contributed by atoms with Gasteiger partial charge in [-0.3, -0.25) is 14.4 Å². The fraction of sp³-hybridized carbons (Fsp3) is 0.250. The zero-order chi connectivity index (χ0) is 18.9. The predicted molar refractivity (Wildman–Crippen MR) is 99.8 cm³/mol. The molecular formula is C20H22N2O4. The molecule has 0 spiro atoms. The highest BCUT2D eigenvalue weighted by atomic mass is 16.5. The lowest BCUT2D eigenvalue weighted by Gasteiger charge is -2.08. The van der Waals surface area contributed by atoms with Crippen LogP contribution in [-0.2, 0) is 19.1 Å². The number of para-hydroxylation sites is 1. The van der Waals surface area contributed by atoms with Gasteiger partial charge in [-0.2, -0.15) is 0 Å². The van der Waals surface area contributed by atoms with Gasteiger partial charge in [0, 0.05) is 17.8 Å². The van der Waals surface area contributed by atoms with Gasteiger partial charge in [-0.25, -0.2) is 0 Å². The second-order valence-corrected chi connectivity index (χ2v) is 5.92. The Hall–Kier alpha value is -3.15. The first-order valence-electron chi connectivity index (χ1n) is 8.31. The lowest BCUT2D eigenvalue weighted by Crippen LogP contribution is -2.21. The first kappa shape index (κ1) is 19.2. The highest BCUT2D eigenvalue weighted by Crippen LogP contribution is 2.14. The second kappa shape index (κ2) is 9.36. The van der Waals surface area contributed by atoms with Crippen molar-refractivity contribution in [3.05, 3.63) is 59.7 Å². The Morgan fingerprint density at radius 1 is 0.808 bits per heavy atom. The number of nitrogens with one attached hydrogen (secondary N) is 2. The van der Waals surface area contributed by atoms with E-state index in [-0.39, 0.29) is 25.4 Å². The van der Waals surface area contributed by atoms with Gasteiger partial charge >= 0.3 is 5.97 Å². The van der Waals surface area contributed by atoms with E-state index in [0.717, 1.165) is 11.1 Å². The van der Waals surface area contributed by atoms with Crippen LogP contribution in [0.25, 0.3) is 0 Å². The summed E-state index contributed by atoms with van der Waals surface area (Å²) in [7, 11) is 0. The van der Waals surface area contributed by atoms with E-state index in [9.17, 15) is 14.4 Å². The van der Waals surface area contributed by atoms with E-state index in [4.69, 9.17) is 4.74 Å². The van der Waals surface area contributed by atoms with Crippen LogP contribution in [0.3, 0.4) is 0 Å². The van der Waals surface area contributed by atoms with Crippen LogP contribution in [0.1, 0.15) is 24.0 Å². The molecule has 0 aliphatic rings. The second-order valence-electron chi connectivity index (χ2n) is 5.92. The summed E-state index contributed by atoms with van der Waals surface area (Å²) in [4.78, 5) is 35.3. The van der Waals surface area contributed by atoms with E-state index < -0.39 is 11.9 Å². The van der Waals surface area contributed by atoms with Crippen molar-refractivity contribution < 1.29 is 19.1 Å². The Labute approximate surface area is 152 Å². The first-order chi connectivity index (χ1) is 12.4. The molecule has 0 aliphatic heterocycles. The van der Waals surface area contributed by atoms with Gasteiger partial charge in [-0.15, -0.1) is 0 Å². The number of ether oxygens (including phenoxy) is 1. The van der Waals surface area contributed by atoms with Crippen LogP contribution in [0, 0.1) is 13.8 Å². The lowest BCUT2D eigenvalue weighted by molar-refractivity contribution is -0.147. The molecule has 0 aliphatic carbocycles. The van der Waals surface area contributed by atoms with Crippen LogP contribution >= 0.6 is 0 Å². The van der Waals surface area contributed by atoms with Gasteiger partial charge in [-0.05, 0) is 49.2 Å². The molecule has 0 radical (unpaired) electrons. The third-order valence-corrected chi connectivity index (χ3v) is 3.77. The van der Waals surface area contributed by atoms with Gasteiger partial charge in [0.1, 0.15) is 0 Å². The summed E-state index contributed by atoms with van der Waals surface area (Å²) >= 11 is 0. The van der Waals surface area contributed by atoms with Crippen LogP contribution < -0.4 is 10.6 Å². The zero-order valence-corrected chi connectivity index (χ0v) is 14.9. The molecule has 0 fully saturated rings. The molecule has 0 saturated heterocycles. The number of esters is 1. The van der Waals surface area contributed by atoms with Gasteiger partial charge in [0.15, 0.2) is 6.61 Å². The molecule has 0 saturated carbocycles. The SMILES string of the molecule is Cc1ccc(NC(=O)CCC(=O)OCC(=O)Nc2ccccc2)cc1C. The first-order valence-corrected chi connectivity index (χ1v) is 8.31. The van der Waals surface area contributed by atoms with Crippen molar-refractivity contribution in [1.29, 1.82) is 0 Å². The van der Waals surface area contributed by atoms with Crippen molar-refractivity contribution in [3.63, 3.8) is 0 Å². The average molecular weight is 354 g/mol. The summed E-state index contributed by atoms with van der Waals surface area (Å²) in [5.41, 5.74) is 3.53. The topological polar surface area (TPSA) is 84.5 Å². The summed E-state index contributed by atoms with van der Waals surface area (Å²) in [6, 6.07) is 14.5. The summed E-state index contributed by atoms with van der Waals surface area (Å²) in [6.07, 6.45) is -0.0959. The minimum atomic E-state index is -0.594. The summed E-state index contributed by atoms with van der Waals surface area (Å²) in [5.74, 6) is -1.30. The van der Waals surface area contributed by atoms with E-state index in [2.05, 4.69) is 10.6 Å². The van der Waals surface area contributed by atoms with Crippen LogP contribution in [0.15, 0.2) is 48.5 Å². The number of aryl methyl sites for hydroxylation is 2. The zero-order valence-electron chi connectivity index (χ0n) is 14.9. The van der Waals surface area contributed by atoms with E-state index in [1.807, 2.05) is 38.1 Å². The minimum absolute atomic E-state index is 0.00788. The number of benzene rings is 2. The molecule has 2 rings (SSSR count). The number of anilines is 2. The smallest absolute Gasteiger partial charge is 0.306 e. The standard InChI is InChI=1S/C20H22N2O4/c1-14-8-9-17(12-15(14)2)22-18(23)10-11-20(25)26-13-19(24)21-16-6-4-3-5-7-16/h3-9,12H,10-11,13H2,1-2H3,(H,21,24)(H,22,23). The molecule has 2 N–H and O–H groups in total. The molecule has 136 valence electrons. The Morgan fingerprint density at radius 2 is 1.50 bits per heavy atom. The van der Waals surface area contributed by atoms with E-state index in [1.165, 1.54) is 0 Å². The monoisotopic (exact) mass is 354 g/mol. The molecule has 0 bridgehead atoms. The number of carbonyl (C=O) groups is 3. The summed E-state index contributed by atoms with van der Waals surface area (Å²) in [5, 5.41) is 5.35. The predicted octanol–water partition coefficient (Wildman–Crippen LogP) is 3.20. The van der Waals surface area contributed by atoms with Crippen LogP contribution in [0.4, 0.5) is 11.4 Å². The average Bonchev–Trinajstić information content (AvgIpc) is 2.62. The molecule has 2 amide bonds. The largest absolute Gasteiger partial charge is 0.456 e. The molecule has 6 nitrogen and oxygen atoms in total. The van der Waals surface area contributed by atoms with Gasteiger partial charge in [-0.1, -0.05) is 24.3 Å². The van der Waals surface area contributed by atoms with Crippen LogP contribution in [-0.4, -0.2) is 24.4 Å². The molecule has 0 atom stereocenters. The molecule has 0 aromatic heterocycles. The number of rotatable bonds is 7. The van der Waals surface area contributed by atoms with Crippen molar-refractivity contribution in [2.24, 2.45) is 0 Å². The minimum Gasteiger partial charge on any atom is -0.456 e. The molecule has 26 heavy (non-hydrogen) atoms. The fourth-order valence-electron chi connectivity index (χ4n) is 2.20. The maximum atomic E-state index is 11.9. The van der Waals surface area contributed by atoms with Crippen molar-refractivity contribution in [2.75, 3.05) is 17.2 Å². The third-order valence-electron chi connectivity index (χ3n) is 3.77. The highest BCUT2D eigenvalue weighted by Gasteiger charge is 2.11. The number of hydrogen-bond acceptors (Lipinski definition) is 4. The van der Waals surface area contributed by atoms with E-state index in [0.29, 0.717) is 11.4 Å².